The standard InChI is InChI=1S/C15H17NO/c1-11(2)12-6-8-14(9-7-12)17-15-5-3-4-13(16)10-15/h3-11H,16H2,1-2H3. The minimum absolute atomic E-state index is 0.538. The van der Waals surface area contributed by atoms with E-state index < -0.39 is 0 Å². The van der Waals surface area contributed by atoms with Gasteiger partial charge in [0.05, 0.1) is 0 Å². The largest absolute Gasteiger partial charge is 0.457 e. The third-order valence-electron chi connectivity index (χ3n) is 2.64. The van der Waals surface area contributed by atoms with Gasteiger partial charge >= 0.3 is 0 Å². The zero-order chi connectivity index (χ0) is 12.3. The number of hydrogen-bond donors (Lipinski definition) is 1. The van der Waals surface area contributed by atoms with Crippen LogP contribution in [-0.4, -0.2) is 0 Å². The summed E-state index contributed by atoms with van der Waals surface area (Å²) in [4.78, 5) is 0. The molecule has 2 rings (SSSR count). The Morgan fingerprint density at radius 2 is 1.65 bits per heavy atom. The van der Waals surface area contributed by atoms with E-state index in [1.54, 1.807) is 0 Å². The van der Waals surface area contributed by atoms with Gasteiger partial charge in [0.25, 0.3) is 0 Å². The van der Waals surface area contributed by atoms with Gasteiger partial charge in [-0.1, -0.05) is 32.0 Å². The Morgan fingerprint density at radius 3 is 2.24 bits per heavy atom. The number of nitrogen functional groups attached to an aromatic ring is 1. The predicted octanol–water partition coefficient (Wildman–Crippen LogP) is 4.18. The second kappa shape index (κ2) is 4.91. The summed E-state index contributed by atoms with van der Waals surface area (Å²) in [5.41, 5.74) is 7.72. The molecule has 0 amide bonds. The summed E-state index contributed by atoms with van der Waals surface area (Å²) in [7, 11) is 0. The van der Waals surface area contributed by atoms with Gasteiger partial charge in [0.15, 0.2) is 0 Å². The number of ether oxygens (including phenoxy) is 1. The van der Waals surface area contributed by atoms with Crippen LogP contribution in [0.2, 0.25) is 0 Å². The van der Waals surface area contributed by atoms with E-state index in [9.17, 15) is 0 Å². The van der Waals surface area contributed by atoms with Gasteiger partial charge in [0.2, 0.25) is 0 Å². The van der Waals surface area contributed by atoms with Gasteiger partial charge in [-0.05, 0) is 35.7 Å². The molecule has 0 saturated heterocycles. The van der Waals surface area contributed by atoms with Gasteiger partial charge in [-0.15, -0.1) is 0 Å². The summed E-state index contributed by atoms with van der Waals surface area (Å²) in [6, 6.07) is 15.6. The molecular formula is C15H17NO. The number of nitrogens with two attached hydrogens (primary N) is 1. The van der Waals surface area contributed by atoms with Crippen molar-refractivity contribution in [2.24, 2.45) is 0 Å². The first-order chi connectivity index (χ1) is 8.15. The maximum Gasteiger partial charge on any atom is 0.129 e. The number of anilines is 1. The summed E-state index contributed by atoms with van der Waals surface area (Å²) >= 11 is 0. The highest BCUT2D eigenvalue weighted by Crippen LogP contribution is 2.24. The highest BCUT2D eigenvalue weighted by atomic mass is 16.5. The minimum Gasteiger partial charge on any atom is -0.457 e. The first-order valence-corrected chi connectivity index (χ1v) is 5.78. The minimum atomic E-state index is 0.538. The first-order valence-electron chi connectivity index (χ1n) is 5.78. The third-order valence-corrected chi connectivity index (χ3v) is 2.64. The smallest absolute Gasteiger partial charge is 0.129 e. The Labute approximate surface area is 102 Å². The molecule has 0 fully saturated rings. The van der Waals surface area contributed by atoms with Gasteiger partial charge in [-0.2, -0.15) is 0 Å². The molecule has 0 radical (unpaired) electrons. The topological polar surface area (TPSA) is 35.2 Å². The monoisotopic (exact) mass is 227 g/mol. The van der Waals surface area contributed by atoms with Crippen LogP contribution < -0.4 is 10.5 Å². The van der Waals surface area contributed by atoms with Gasteiger partial charge in [-0.25, -0.2) is 0 Å². The van der Waals surface area contributed by atoms with Crippen molar-refractivity contribution < 1.29 is 4.74 Å². The molecule has 0 spiro atoms. The lowest BCUT2D eigenvalue weighted by Gasteiger charge is -2.08. The van der Waals surface area contributed by atoms with Gasteiger partial charge in [-0.3, -0.25) is 0 Å². The van der Waals surface area contributed by atoms with Crippen molar-refractivity contribution in [2.45, 2.75) is 19.8 Å². The van der Waals surface area contributed by atoms with Crippen LogP contribution in [0.1, 0.15) is 25.3 Å². The Balaban J connectivity index is 2.14. The first kappa shape index (κ1) is 11.5. The van der Waals surface area contributed by atoms with Crippen molar-refractivity contribution >= 4 is 5.69 Å². The fourth-order valence-corrected chi connectivity index (χ4v) is 1.63. The highest BCUT2D eigenvalue weighted by molar-refractivity contribution is 5.45. The van der Waals surface area contributed by atoms with Crippen molar-refractivity contribution in [3.05, 3.63) is 54.1 Å². The van der Waals surface area contributed by atoms with E-state index in [0.717, 1.165) is 11.5 Å². The lowest BCUT2D eigenvalue weighted by atomic mass is 10.0. The summed E-state index contributed by atoms with van der Waals surface area (Å²) in [5, 5.41) is 0. The number of benzene rings is 2. The molecule has 0 heterocycles. The Morgan fingerprint density at radius 1 is 0.941 bits per heavy atom. The second-order valence-corrected chi connectivity index (χ2v) is 4.40. The van der Waals surface area contributed by atoms with E-state index in [4.69, 9.17) is 10.5 Å². The summed E-state index contributed by atoms with van der Waals surface area (Å²) in [6.45, 7) is 4.35. The van der Waals surface area contributed by atoms with E-state index in [1.807, 2.05) is 36.4 Å². The molecule has 0 atom stereocenters. The molecule has 2 heteroatoms. The van der Waals surface area contributed by atoms with E-state index in [2.05, 4.69) is 26.0 Å². The molecule has 2 N–H and O–H groups in total. The van der Waals surface area contributed by atoms with Gasteiger partial charge in [0.1, 0.15) is 11.5 Å². The number of hydrogen-bond acceptors (Lipinski definition) is 2. The molecule has 2 aromatic carbocycles. The quantitative estimate of drug-likeness (QED) is 0.798. The van der Waals surface area contributed by atoms with Crippen LogP contribution in [0.5, 0.6) is 11.5 Å². The lowest BCUT2D eigenvalue weighted by molar-refractivity contribution is 0.482. The van der Waals surface area contributed by atoms with Crippen molar-refractivity contribution in [3.63, 3.8) is 0 Å². The summed E-state index contributed by atoms with van der Waals surface area (Å²) in [6.07, 6.45) is 0. The van der Waals surface area contributed by atoms with Gasteiger partial charge in [0, 0.05) is 11.8 Å². The second-order valence-electron chi connectivity index (χ2n) is 4.40. The average Bonchev–Trinajstić information content (AvgIpc) is 2.29. The fraction of sp³-hybridized carbons (Fsp3) is 0.200. The highest BCUT2D eigenvalue weighted by Gasteiger charge is 2.00. The molecular weight excluding hydrogens is 210 g/mol. The van der Waals surface area contributed by atoms with E-state index in [0.29, 0.717) is 11.6 Å². The molecule has 0 aliphatic heterocycles. The molecule has 2 nitrogen and oxygen atoms in total. The molecule has 0 saturated carbocycles. The van der Waals surface area contributed by atoms with Crippen LogP contribution in [0.4, 0.5) is 5.69 Å². The van der Waals surface area contributed by atoms with Crippen LogP contribution in [0.25, 0.3) is 0 Å². The van der Waals surface area contributed by atoms with Crippen molar-refractivity contribution in [1.82, 2.24) is 0 Å². The van der Waals surface area contributed by atoms with Crippen LogP contribution in [0.15, 0.2) is 48.5 Å². The SMILES string of the molecule is CC(C)c1ccc(Oc2cccc(N)c2)cc1. The maximum absolute atomic E-state index is 5.71. The molecule has 0 aliphatic carbocycles. The van der Waals surface area contributed by atoms with E-state index in [1.165, 1.54) is 5.56 Å². The van der Waals surface area contributed by atoms with Gasteiger partial charge < -0.3 is 10.5 Å². The fourth-order valence-electron chi connectivity index (χ4n) is 1.63. The molecule has 0 unspecified atom stereocenters. The van der Waals surface area contributed by atoms with Crippen LogP contribution in [0.3, 0.4) is 0 Å². The zero-order valence-electron chi connectivity index (χ0n) is 10.2. The Hall–Kier alpha value is -1.96. The number of rotatable bonds is 3. The lowest BCUT2D eigenvalue weighted by Crippen LogP contribution is -1.89. The molecule has 0 aromatic heterocycles. The Bertz CT molecular complexity index is 489. The summed E-state index contributed by atoms with van der Waals surface area (Å²) in [5.74, 6) is 2.14. The van der Waals surface area contributed by atoms with E-state index in [-0.39, 0.29) is 0 Å². The van der Waals surface area contributed by atoms with E-state index >= 15 is 0 Å². The van der Waals surface area contributed by atoms with Crippen molar-refractivity contribution in [3.8, 4) is 11.5 Å². The molecule has 17 heavy (non-hydrogen) atoms. The zero-order valence-corrected chi connectivity index (χ0v) is 10.2. The van der Waals surface area contributed by atoms with Crippen molar-refractivity contribution in [1.29, 1.82) is 0 Å². The predicted molar refractivity (Wildman–Crippen MR) is 71.5 cm³/mol. The third kappa shape index (κ3) is 3.00. The van der Waals surface area contributed by atoms with Crippen molar-refractivity contribution in [2.75, 3.05) is 5.73 Å². The molecule has 0 bridgehead atoms. The van der Waals surface area contributed by atoms with Crippen LogP contribution >= 0.6 is 0 Å². The van der Waals surface area contributed by atoms with Crippen LogP contribution in [-0.2, 0) is 0 Å². The molecule has 2 aromatic rings. The molecule has 0 aliphatic rings. The normalized spacial score (nSPS) is 10.5. The van der Waals surface area contributed by atoms with Crippen LogP contribution in [0, 0.1) is 0 Å². The molecule has 88 valence electrons. The Kier molecular flexibility index (Phi) is 3.33. The average molecular weight is 227 g/mol. The maximum atomic E-state index is 5.71. The summed E-state index contributed by atoms with van der Waals surface area (Å²) < 4.78 is 5.71.